The lowest BCUT2D eigenvalue weighted by Gasteiger charge is -2.33. The molecule has 1 saturated heterocycles. The van der Waals surface area contributed by atoms with Gasteiger partial charge in [-0.05, 0) is 18.2 Å². The maximum Gasteiger partial charge on any atom is 0.0702 e. The molecule has 1 unspecified atom stereocenters. The van der Waals surface area contributed by atoms with Gasteiger partial charge in [0, 0.05) is 39.8 Å². The molecule has 2 rings (SSSR count). The van der Waals surface area contributed by atoms with Crippen molar-refractivity contribution in [1.29, 1.82) is 0 Å². The fourth-order valence-corrected chi connectivity index (χ4v) is 3.45. The highest BCUT2D eigenvalue weighted by atomic mass is 79.9. The van der Waals surface area contributed by atoms with Crippen molar-refractivity contribution in [2.24, 2.45) is 0 Å². The fourth-order valence-electron chi connectivity index (χ4n) is 2.03. The van der Waals surface area contributed by atoms with E-state index in [-0.39, 0.29) is 6.61 Å². The molecular formula is C12H16BrNOS. The summed E-state index contributed by atoms with van der Waals surface area (Å²) in [6.07, 6.45) is 0. The third-order valence-electron chi connectivity index (χ3n) is 2.79. The van der Waals surface area contributed by atoms with Crippen LogP contribution in [0.3, 0.4) is 0 Å². The van der Waals surface area contributed by atoms with Crippen molar-refractivity contribution < 1.29 is 5.11 Å². The van der Waals surface area contributed by atoms with Crippen molar-refractivity contribution in [3.8, 4) is 0 Å². The van der Waals surface area contributed by atoms with E-state index in [0.29, 0.717) is 5.25 Å². The lowest BCUT2D eigenvalue weighted by molar-refractivity contribution is 0.282. The van der Waals surface area contributed by atoms with Crippen LogP contribution in [0.4, 0.5) is 5.69 Å². The molecule has 0 aromatic heterocycles. The van der Waals surface area contributed by atoms with Crippen LogP contribution in [-0.4, -0.2) is 29.2 Å². The highest BCUT2D eigenvalue weighted by Gasteiger charge is 2.18. The predicted molar refractivity (Wildman–Crippen MR) is 74.2 cm³/mol. The topological polar surface area (TPSA) is 23.5 Å². The quantitative estimate of drug-likeness (QED) is 0.909. The standard InChI is InChI=1S/C12H16BrNOS/c1-9-7-14(4-5-16-9)12-3-2-11(13)6-10(12)8-15/h2-3,6,9,15H,4-5,7-8H2,1H3. The zero-order valence-corrected chi connectivity index (χ0v) is 11.7. The number of aliphatic hydroxyl groups excluding tert-OH is 1. The van der Waals surface area contributed by atoms with Crippen LogP contribution >= 0.6 is 27.7 Å². The van der Waals surface area contributed by atoms with Crippen LogP contribution in [0.1, 0.15) is 12.5 Å². The average Bonchev–Trinajstić information content (AvgIpc) is 2.28. The Labute approximate surface area is 109 Å². The Morgan fingerprint density at radius 3 is 3.06 bits per heavy atom. The third-order valence-corrected chi connectivity index (χ3v) is 4.42. The van der Waals surface area contributed by atoms with Crippen LogP contribution in [0.25, 0.3) is 0 Å². The van der Waals surface area contributed by atoms with Crippen molar-refractivity contribution in [3.63, 3.8) is 0 Å². The summed E-state index contributed by atoms with van der Waals surface area (Å²) in [7, 11) is 0. The summed E-state index contributed by atoms with van der Waals surface area (Å²) < 4.78 is 1.03. The Balaban J connectivity index is 2.24. The molecule has 1 N–H and O–H groups in total. The van der Waals surface area contributed by atoms with Crippen LogP contribution in [0.15, 0.2) is 22.7 Å². The number of hydrogen-bond acceptors (Lipinski definition) is 3. The second kappa shape index (κ2) is 5.43. The van der Waals surface area contributed by atoms with E-state index < -0.39 is 0 Å². The van der Waals surface area contributed by atoms with E-state index in [4.69, 9.17) is 0 Å². The minimum Gasteiger partial charge on any atom is -0.392 e. The monoisotopic (exact) mass is 301 g/mol. The number of thioether (sulfide) groups is 1. The molecule has 4 heteroatoms. The first-order valence-electron chi connectivity index (χ1n) is 5.46. The summed E-state index contributed by atoms with van der Waals surface area (Å²) in [4.78, 5) is 2.37. The van der Waals surface area contributed by atoms with Crippen LogP contribution in [0.5, 0.6) is 0 Å². The second-order valence-corrected chi connectivity index (χ2v) is 6.52. The predicted octanol–water partition coefficient (Wildman–Crippen LogP) is 2.88. The minimum absolute atomic E-state index is 0.104. The first-order chi connectivity index (χ1) is 7.70. The largest absolute Gasteiger partial charge is 0.392 e. The molecule has 1 atom stereocenters. The highest BCUT2D eigenvalue weighted by Crippen LogP contribution is 2.28. The van der Waals surface area contributed by atoms with Gasteiger partial charge in [0.15, 0.2) is 0 Å². The van der Waals surface area contributed by atoms with E-state index >= 15 is 0 Å². The summed E-state index contributed by atoms with van der Waals surface area (Å²) in [5.41, 5.74) is 2.19. The zero-order chi connectivity index (χ0) is 11.5. The van der Waals surface area contributed by atoms with Gasteiger partial charge >= 0.3 is 0 Å². The first-order valence-corrected chi connectivity index (χ1v) is 7.30. The number of hydrogen-bond donors (Lipinski definition) is 1. The van der Waals surface area contributed by atoms with Gasteiger partial charge in [0.25, 0.3) is 0 Å². The van der Waals surface area contributed by atoms with Crippen molar-refractivity contribution in [2.45, 2.75) is 18.8 Å². The number of aliphatic hydroxyl groups is 1. The van der Waals surface area contributed by atoms with Gasteiger partial charge in [0.05, 0.1) is 6.61 Å². The van der Waals surface area contributed by atoms with Crippen molar-refractivity contribution >= 4 is 33.4 Å². The molecule has 0 spiro atoms. The van der Waals surface area contributed by atoms with E-state index in [0.717, 1.165) is 23.1 Å². The second-order valence-electron chi connectivity index (χ2n) is 4.06. The van der Waals surface area contributed by atoms with E-state index in [1.165, 1.54) is 11.4 Å². The van der Waals surface area contributed by atoms with Crippen molar-refractivity contribution in [2.75, 3.05) is 23.7 Å². The lowest BCUT2D eigenvalue weighted by atomic mass is 10.1. The van der Waals surface area contributed by atoms with Gasteiger partial charge in [-0.15, -0.1) is 0 Å². The fraction of sp³-hybridized carbons (Fsp3) is 0.500. The number of anilines is 1. The summed E-state index contributed by atoms with van der Waals surface area (Å²) in [5, 5.41) is 10.1. The Bertz CT molecular complexity index is 372. The number of nitrogens with zero attached hydrogens (tertiary/aromatic N) is 1. The SMILES string of the molecule is CC1CN(c2ccc(Br)cc2CO)CCS1. The molecule has 1 aliphatic heterocycles. The molecule has 88 valence electrons. The normalized spacial score (nSPS) is 21.2. The molecule has 16 heavy (non-hydrogen) atoms. The maximum atomic E-state index is 9.39. The van der Waals surface area contributed by atoms with E-state index in [1.807, 2.05) is 23.9 Å². The minimum atomic E-state index is 0.104. The molecule has 2 nitrogen and oxygen atoms in total. The molecule has 1 aromatic rings. The van der Waals surface area contributed by atoms with Gasteiger partial charge < -0.3 is 10.0 Å². The number of benzene rings is 1. The van der Waals surface area contributed by atoms with Gasteiger partial charge in [-0.1, -0.05) is 22.9 Å². The van der Waals surface area contributed by atoms with Crippen LogP contribution in [0.2, 0.25) is 0 Å². The van der Waals surface area contributed by atoms with Gasteiger partial charge in [-0.25, -0.2) is 0 Å². The molecule has 1 fully saturated rings. The smallest absolute Gasteiger partial charge is 0.0702 e. The van der Waals surface area contributed by atoms with Gasteiger partial charge in [-0.2, -0.15) is 11.8 Å². The van der Waals surface area contributed by atoms with Crippen LogP contribution in [-0.2, 0) is 6.61 Å². The zero-order valence-electron chi connectivity index (χ0n) is 9.32. The van der Waals surface area contributed by atoms with Crippen LogP contribution in [0, 0.1) is 0 Å². The van der Waals surface area contributed by atoms with Crippen LogP contribution < -0.4 is 4.90 Å². The molecular weight excluding hydrogens is 286 g/mol. The molecule has 1 aliphatic rings. The summed E-state index contributed by atoms with van der Waals surface area (Å²) in [6, 6.07) is 6.14. The Kier molecular flexibility index (Phi) is 4.16. The highest BCUT2D eigenvalue weighted by molar-refractivity contribution is 9.10. The molecule has 1 aromatic carbocycles. The molecule has 0 bridgehead atoms. The summed E-state index contributed by atoms with van der Waals surface area (Å²) in [5.74, 6) is 1.17. The first kappa shape index (κ1) is 12.3. The average molecular weight is 302 g/mol. The Morgan fingerprint density at radius 1 is 1.56 bits per heavy atom. The Hall–Kier alpha value is -0.190. The molecule has 0 amide bonds. The van der Waals surface area contributed by atoms with Crippen molar-refractivity contribution in [1.82, 2.24) is 0 Å². The third kappa shape index (κ3) is 2.73. The molecule has 0 radical (unpaired) electrons. The van der Waals surface area contributed by atoms with E-state index in [9.17, 15) is 5.11 Å². The maximum absolute atomic E-state index is 9.39. The molecule has 0 aliphatic carbocycles. The number of halogens is 1. The van der Waals surface area contributed by atoms with Gasteiger partial charge in [-0.3, -0.25) is 0 Å². The van der Waals surface area contributed by atoms with E-state index in [1.54, 1.807) is 0 Å². The van der Waals surface area contributed by atoms with E-state index in [2.05, 4.69) is 33.8 Å². The van der Waals surface area contributed by atoms with Gasteiger partial charge in [0.1, 0.15) is 0 Å². The molecule has 1 heterocycles. The summed E-state index contributed by atoms with van der Waals surface area (Å²) in [6.45, 7) is 4.50. The Morgan fingerprint density at radius 2 is 2.38 bits per heavy atom. The van der Waals surface area contributed by atoms with Crippen molar-refractivity contribution in [3.05, 3.63) is 28.2 Å². The number of rotatable bonds is 2. The summed E-state index contributed by atoms with van der Waals surface area (Å²) >= 11 is 5.46. The van der Waals surface area contributed by atoms with Gasteiger partial charge in [0.2, 0.25) is 0 Å². The molecule has 0 saturated carbocycles. The lowest BCUT2D eigenvalue weighted by Crippen LogP contribution is -2.37.